The van der Waals surface area contributed by atoms with Gasteiger partial charge in [-0.15, -0.1) is 0 Å². The topological polar surface area (TPSA) is 60.2 Å². The molecule has 5 aromatic rings. The minimum atomic E-state index is 0.217. The largest absolute Gasteiger partial charge is 0.496 e. The van der Waals surface area contributed by atoms with Gasteiger partial charge in [0.25, 0.3) is 0 Å². The molecule has 0 fully saturated rings. The Bertz CT molecular complexity index is 1350. The van der Waals surface area contributed by atoms with Crippen molar-refractivity contribution in [3.05, 3.63) is 90.0 Å². The minimum Gasteiger partial charge on any atom is -0.496 e. The maximum absolute atomic E-state index is 5.61. The van der Waals surface area contributed by atoms with E-state index < -0.39 is 0 Å². The van der Waals surface area contributed by atoms with E-state index in [0.717, 1.165) is 34.5 Å². The summed E-state index contributed by atoms with van der Waals surface area (Å²) in [6.07, 6.45) is 0. The van der Waals surface area contributed by atoms with E-state index in [4.69, 9.17) is 9.37 Å². The van der Waals surface area contributed by atoms with Crippen molar-refractivity contribution in [3.63, 3.8) is 0 Å². The van der Waals surface area contributed by atoms with Crippen LogP contribution < -0.4 is 10.1 Å². The van der Waals surface area contributed by atoms with Crippen LogP contribution >= 0.6 is 0 Å². The first-order valence-corrected chi connectivity index (χ1v) is 10.3. The Morgan fingerprint density at radius 3 is 2.65 bits per heavy atom. The molecule has 1 heterocycles. The molecule has 1 atom stereocenters. The Labute approximate surface area is 180 Å². The van der Waals surface area contributed by atoms with E-state index in [2.05, 4.69) is 77.2 Å². The fourth-order valence-electron chi connectivity index (χ4n) is 4.05. The van der Waals surface area contributed by atoms with Gasteiger partial charge in [-0.2, -0.15) is 0 Å². The number of hydrogen-bond acceptors (Lipinski definition) is 5. The number of fused-ring (bicyclic) bond motifs is 2. The van der Waals surface area contributed by atoms with Crippen molar-refractivity contribution in [3.8, 4) is 16.9 Å². The van der Waals surface area contributed by atoms with Gasteiger partial charge in [-0.05, 0) is 69.0 Å². The van der Waals surface area contributed by atoms with Gasteiger partial charge in [0.05, 0.1) is 7.11 Å². The molecule has 0 amide bonds. The van der Waals surface area contributed by atoms with E-state index in [1.807, 2.05) is 24.3 Å². The van der Waals surface area contributed by atoms with Crippen LogP contribution in [0.2, 0.25) is 0 Å². The van der Waals surface area contributed by atoms with Crippen LogP contribution in [0.25, 0.3) is 32.9 Å². The van der Waals surface area contributed by atoms with Gasteiger partial charge in [0.15, 0.2) is 0 Å². The van der Waals surface area contributed by atoms with Crippen molar-refractivity contribution < 1.29 is 9.37 Å². The van der Waals surface area contributed by atoms with Crippen LogP contribution in [0.5, 0.6) is 5.75 Å². The lowest BCUT2D eigenvalue weighted by Crippen LogP contribution is -2.18. The van der Waals surface area contributed by atoms with Crippen molar-refractivity contribution in [2.75, 3.05) is 7.11 Å². The zero-order valence-electron chi connectivity index (χ0n) is 17.5. The molecule has 5 nitrogen and oxygen atoms in total. The third kappa shape index (κ3) is 3.76. The van der Waals surface area contributed by atoms with Gasteiger partial charge in [-0.1, -0.05) is 54.6 Å². The Hall–Kier alpha value is -3.70. The van der Waals surface area contributed by atoms with Crippen LogP contribution in [-0.4, -0.2) is 17.4 Å². The first-order valence-electron chi connectivity index (χ1n) is 10.3. The predicted octanol–water partition coefficient (Wildman–Crippen LogP) is 5.90. The van der Waals surface area contributed by atoms with Gasteiger partial charge < -0.3 is 10.1 Å². The predicted molar refractivity (Wildman–Crippen MR) is 123 cm³/mol. The second-order valence-electron chi connectivity index (χ2n) is 7.67. The molecule has 5 heteroatoms. The molecule has 5 rings (SSSR count). The molecule has 0 radical (unpaired) electrons. The maximum Gasteiger partial charge on any atom is 0.135 e. The van der Waals surface area contributed by atoms with Crippen LogP contribution in [0, 0.1) is 0 Å². The molecule has 1 aromatic heterocycles. The fourth-order valence-corrected chi connectivity index (χ4v) is 4.05. The van der Waals surface area contributed by atoms with E-state index in [-0.39, 0.29) is 6.04 Å². The summed E-state index contributed by atoms with van der Waals surface area (Å²) in [5.41, 5.74) is 5.99. The highest BCUT2D eigenvalue weighted by atomic mass is 16.6. The van der Waals surface area contributed by atoms with Crippen molar-refractivity contribution in [2.45, 2.75) is 19.5 Å². The normalized spacial score (nSPS) is 12.3. The first-order chi connectivity index (χ1) is 15.2. The monoisotopic (exact) mass is 409 g/mol. The van der Waals surface area contributed by atoms with Crippen molar-refractivity contribution in [2.24, 2.45) is 0 Å². The molecular weight excluding hydrogens is 386 g/mol. The van der Waals surface area contributed by atoms with Gasteiger partial charge in [-0.3, -0.25) is 0 Å². The van der Waals surface area contributed by atoms with Gasteiger partial charge >= 0.3 is 0 Å². The Morgan fingerprint density at radius 2 is 1.74 bits per heavy atom. The molecule has 0 saturated carbocycles. The highest BCUT2D eigenvalue weighted by Gasteiger charge is 2.12. The number of ether oxygens (including phenoxy) is 1. The summed E-state index contributed by atoms with van der Waals surface area (Å²) in [6, 6.07) is 27.4. The summed E-state index contributed by atoms with van der Waals surface area (Å²) in [5.74, 6) is 0.821. The second-order valence-corrected chi connectivity index (χ2v) is 7.67. The van der Waals surface area contributed by atoms with Gasteiger partial charge in [0.2, 0.25) is 0 Å². The molecule has 4 aromatic carbocycles. The third-order valence-electron chi connectivity index (χ3n) is 5.73. The van der Waals surface area contributed by atoms with E-state index in [0.29, 0.717) is 0 Å². The summed E-state index contributed by atoms with van der Waals surface area (Å²) in [7, 11) is 1.69. The third-order valence-corrected chi connectivity index (χ3v) is 5.73. The van der Waals surface area contributed by atoms with Gasteiger partial charge in [-0.25, -0.2) is 4.63 Å². The molecule has 0 saturated heterocycles. The molecule has 0 aliphatic carbocycles. The summed E-state index contributed by atoms with van der Waals surface area (Å²) in [5, 5.41) is 14.1. The smallest absolute Gasteiger partial charge is 0.135 e. The summed E-state index contributed by atoms with van der Waals surface area (Å²) in [6.45, 7) is 2.95. The molecule has 1 N–H and O–H groups in total. The molecule has 1 unspecified atom stereocenters. The Kier molecular flexibility index (Phi) is 5.10. The zero-order valence-corrected chi connectivity index (χ0v) is 17.5. The van der Waals surface area contributed by atoms with Crippen LogP contribution in [0.4, 0.5) is 0 Å². The van der Waals surface area contributed by atoms with Crippen molar-refractivity contribution in [1.82, 2.24) is 15.6 Å². The number of methoxy groups -OCH3 is 1. The summed E-state index contributed by atoms with van der Waals surface area (Å²) >= 11 is 0. The average Bonchev–Trinajstić information content (AvgIpc) is 3.30. The number of nitrogens with zero attached hydrogens (tertiary/aromatic N) is 2. The van der Waals surface area contributed by atoms with Gasteiger partial charge in [0, 0.05) is 18.2 Å². The van der Waals surface area contributed by atoms with E-state index in [1.165, 1.54) is 21.9 Å². The first kappa shape index (κ1) is 19.3. The van der Waals surface area contributed by atoms with E-state index in [1.54, 1.807) is 7.11 Å². The zero-order chi connectivity index (χ0) is 21.2. The van der Waals surface area contributed by atoms with Gasteiger partial charge in [0.1, 0.15) is 16.8 Å². The van der Waals surface area contributed by atoms with Crippen molar-refractivity contribution in [1.29, 1.82) is 0 Å². The Balaban J connectivity index is 1.41. The molecule has 0 aliphatic rings. The standard InChI is InChI=1S/C26H23N3O2/c1-17(21-9-5-7-19-6-3-4-8-22(19)21)27-16-18-10-13-26(30-2)23(14-18)20-11-12-24-25(15-20)29-31-28-24/h3-15,17,27H,16H2,1-2H3. The highest BCUT2D eigenvalue weighted by molar-refractivity contribution is 5.86. The number of nitrogens with one attached hydrogen (secondary N) is 1. The van der Waals surface area contributed by atoms with Crippen LogP contribution in [0.1, 0.15) is 24.1 Å². The van der Waals surface area contributed by atoms with E-state index >= 15 is 0 Å². The molecule has 0 spiro atoms. The summed E-state index contributed by atoms with van der Waals surface area (Å²) in [4.78, 5) is 0. The highest BCUT2D eigenvalue weighted by Crippen LogP contribution is 2.33. The molecule has 0 bridgehead atoms. The second kappa shape index (κ2) is 8.20. The number of rotatable bonds is 6. The quantitative estimate of drug-likeness (QED) is 0.378. The van der Waals surface area contributed by atoms with E-state index in [9.17, 15) is 0 Å². The SMILES string of the molecule is COc1ccc(CNC(C)c2cccc3ccccc23)cc1-c1ccc2nonc2c1. The minimum absolute atomic E-state index is 0.217. The lowest BCUT2D eigenvalue weighted by Gasteiger charge is -2.18. The molecular formula is C26H23N3O2. The number of aromatic nitrogens is 2. The van der Waals surface area contributed by atoms with Crippen LogP contribution in [0.3, 0.4) is 0 Å². The molecule has 31 heavy (non-hydrogen) atoms. The number of benzene rings is 4. The Morgan fingerprint density at radius 1 is 0.903 bits per heavy atom. The molecule has 0 aliphatic heterocycles. The van der Waals surface area contributed by atoms with Crippen molar-refractivity contribution >= 4 is 21.8 Å². The maximum atomic E-state index is 5.61. The summed E-state index contributed by atoms with van der Waals surface area (Å²) < 4.78 is 10.4. The lowest BCUT2D eigenvalue weighted by atomic mass is 9.99. The fraction of sp³-hybridized carbons (Fsp3) is 0.154. The van der Waals surface area contributed by atoms with Crippen LogP contribution in [-0.2, 0) is 6.54 Å². The lowest BCUT2D eigenvalue weighted by molar-refractivity contribution is 0.315. The molecule has 154 valence electrons. The average molecular weight is 409 g/mol. The number of hydrogen-bond donors (Lipinski definition) is 1. The van der Waals surface area contributed by atoms with Crippen LogP contribution in [0.15, 0.2) is 83.5 Å².